The maximum absolute atomic E-state index is 12.4. The second kappa shape index (κ2) is 13.7. The molecule has 6 nitrogen and oxygen atoms in total. The molecule has 8 heteroatoms. The Labute approximate surface area is 267 Å². The van der Waals surface area contributed by atoms with E-state index in [-0.39, 0.29) is 12.0 Å². The number of aryl methyl sites for hydroxylation is 1. The first-order valence-electron chi connectivity index (χ1n) is 15.1. The van der Waals surface area contributed by atoms with Crippen molar-refractivity contribution in [2.45, 2.75) is 62.2 Å². The maximum atomic E-state index is 12.4. The van der Waals surface area contributed by atoms with E-state index in [1.165, 1.54) is 26.6 Å². The fraction of sp³-hybridized carbons (Fsp3) is 0.333. The minimum absolute atomic E-state index is 0.155. The summed E-state index contributed by atoms with van der Waals surface area (Å²) in [5.74, 6) is 1.16. The Morgan fingerprint density at radius 1 is 0.955 bits per heavy atom. The third-order valence-corrected chi connectivity index (χ3v) is 9.87. The molecule has 1 aliphatic heterocycles. The molecular weight excluding hydrogens is 589 g/mol. The molecule has 4 aromatic carbocycles. The quantitative estimate of drug-likeness (QED) is 0.120. The zero-order valence-electron chi connectivity index (χ0n) is 25.4. The number of carbonyl (C=O) groups is 1. The van der Waals surface area contributed by atoms with E-state index in [1.807, 2.05) is 38.6 Å². The number of aromatic nitrogens is 1. The smallest absolute Gasteiger partial charge is 0.427 e. The molecular formula is C36H38N2O4S2. The molecule has 5 aromatic rings. The zero-order valence-corrected chi connectivity index (χ0v) is 27.0. The van der Waals surface area contributed by atoms with Gasteiger partial charge in [0.1, 0.15) is 5.60 Å². The number of hydrogen-bond donors (Lipinski definition) is 0. The molecule has 1 aliphatic rings. The Bertz CT molecular complexity index is 1680. The van der Waals surface area contributed by atoms with Crippen LogP contribution in [-0.4, -0.2) is 46.7 Å². The summed E-state index contributed by atoms with van der Waals surface area (Å²) in [5, 5.41) is 4.09. The first kappa shape index (κ1) is 30.6. The molecule has 228 valence electrons. The second-order valence-corrected chi connectivity index (χ2v) is 14.5. The van der Waals surface area contributed by atoms with E-state index in [0.29, 0.717) is 19.7 Å². The predicted octanol–water partition coefficient (Wildman–Crippen LogP) is 9.03. The van der Waals surface area contributed by atoms with Crippen molar-refractivity contribution >= 4 is 50.2 Å². The summed E-state index contributed by atoms with van der Waals surface area (Å²) < 4.78 is 14.3. The number of fused-ring (bicyclic) bond motifs is 2. The van der Waals surface area contributed by atoms with Crippen LogP contribution in [0.4, 0.5) is 4.79 Å². The van der Waals surface area contributed by atoms with Gasteiger partial charge in [0.2, 0.25) is 0 Å². The van der Waals surface area contributed by atoms with Crippen molar-refractivity contribution in [3.8, 4) is 0 Å². The Morgan fingerprint density at radius 2 is 1.70 bits per heavy atom. The molecule has 1 aromatic heterocycles. The van der Waals surface area contributed by atoms with Crippen LogP contribution in [0.2, 0.25) is 0 Å². The van der Waals surface area contributed by atoms with Crippen molar-refractivity contribution in [1.29, 1.82) is 0 Å². The van der Waals surface area contributed by atoms with Crippen molar-refractivity contribution < 1.29 is 19.1 Å². The summed E-state index contributed by atoms with van der Waals surface area (Å²) in [5.41, 5.74) is 4.13. The van der Waals surface area contributed by atoms with E-state index < -0.39 is 11.8 Å². The van der Waals surface area contributed by atoms with Crippen LogP contribution < -0.4 is 0 Å². The van der Waals surface area contributed by atoms with Gasteiger partial charge >= 0.3 is 6.16 Å². The van der Waals surface area contributed by atoms with Crippen LogP contribution in [0, 0.1) is 0 Å². The number of ether oxygens (including phenoxy) is 2. The van der Waals surface area contributed by atoms with Gasteiger partial charge < -0.3 is 14.3 Å². The highest BCUT2D eigenvalue weighted by Gasteiger charge is 2.34. The fourth-order valence-corrected chi connectivity index (χ4v) is 7.65. The fourth-order valence-electron chi connectivity index (χ4n) is 5.53. The van der Waals surface area contributed by atoms with Crippen LogP contribution in [0.3, 0.4) is 0 Å². The molecule has 0 bridgehead atoms. The first-order valence-corrected chi connectivity index (χ1v) is 16.9. The van der Waals surface area contributed by atoms with E-state index in [2.05, 4.69) is 84.9 Å². The number of para-hydroxylation sites is 1. The summed E-state index contributed by atoms with van der Waals surface area (Å²) in [6.45, 7) is 7.06. The summed E-state index contributed by atoms with van der Waals surface area (Å²) in [4.78, 5) is 22.8. The molecule has 0 aliphatic carbocycles. The molecule has 0 radical (unpaired) electrons. The number of rotatable bonds is 9. The van der Waals surface area contributed by atoms with Gasteiger partial charge in [-0.05, 0) is 79.3 Å². The Hall–Kier alpha value is -3.43. The number of thiazole rings is 1. The van der Waals surface area contributed by atoms with Crippen LogP contribution in [0.5, 0.6) is 0 Å². The van der Waals surface area contributed by atoms with Gasteiger partial charge in [-0.2, -0.15) is 0 Å². The van der Waals surface area contributed by atoms with Crippen molar-refractivity contribution in [2.75, 3.05) is 18.8 Å². The third kappa shape index (κ3) is 7.99. The van der Waals surface area contributed by atoms with Crippen LogP contribution in [0.15, 0.2) is 95.3 Å². The summed E-state index contributed by atoms with van der Waals surface area (Å²) in [6, 6.07) is 32.0. The largest absolute Gasteiger partial charge is 0.528 e. The van der Waals surface area contributed by atoms with Gasteiger partial charge in [0, 0.05) is 18.2 Å². The first-order chi connectivity index (χ1) is 21.3. The average molecular weight is 627 g/mol. The van der Waals surface area contributed by atoms with Crippen LogP contribution in [-0.2, 0) is 27.3 Å². The van der Waals surface area contributed by atoms with Crippen molar-refractivity contribution in [3.05, 3.63) is 108 Å². The average Bonchev–Trinajstić information content (AvgIpc) is 3.42. The molecule has 0 N–H and O–H groups in total. The minimum atomic E-state index is -0.683. The van der Waals surface area contributed by atoms with Gasteiger partial charge in [-0.15, -0.1) is 16.4 Å². The van der Waals surface area contributed by atoms with Crippen LogP contribution >= 0.6 is 23.1 Å². The standard InChI is InChI=1S/C36H38N2O4S2/c1-36(2,3)41-35(39)42-38-20-18-30(32(23-38)40-24-26-14-15-27-8-4-5-9-29(27)22-26)28-16-12-25(13-17-28)19-21-43-34-37-31-10-6-7-11-33(31)44-34/h4-17,22,30,32H,18-21,23-24H2,1-3H3. The summed E-state index contributed by atoms with van der Waals surface area (Å²) in [6.07, 6.45) is 0.943. The third-order valence-electron chi connectivity index (χ3n) is 7.69. The van der Waals surface area contributed by atoms with Gasteiger partial charge in [-0.1, -0.05) is 84.6 Å². The highest BCUT2D eigenvalue weighted by molar-refractivity contribution is 8.01. The van der Waals surface area contributed by atoms with Gasteiger partial charge in [0.25, 0.3) is 0 Å². The molecule has 44 heavy (non-hydrogen) atoms. The number of hydroxylamine groups is 2. The summed E-state index contributed by atoms with van der Waals surface area (Å²) in [7, 11) is 0. The van der Waals surface area contributed by atoms with E-state index in [4.69, 9.17) is 19.3 Å². The van der Waals surface area contributed by atoms with Gasteiger partial charge in [0.05, 0.1) is 29.5 Å². The van der Waals surface area contributed by atoms with Gasteiger partial charge in [-0.25, -0.2) is 9.78 Å². The molecule has 2 unspecified atom stereocenters. The topological polar surface area (TPSA) is 60.9 Å². The number of carbonyl (C=O) groups excluding carboxylic acids is 1. The lowest BCUT2D eigenvalue weighted by atomic mass is 9.87. The lowest BCUT2D eigenvalue weighted by Gasteiger charge is -2.37. The highest BCUT2D eigenvalue weighted by Crippen LogP contribution is 2.33. The normalized spacial score (nSPS) is 17.6. The van der Waals surface area contributed by atoms with Crippen molar-refractivity contribution in [3.63, 3.8) is 0 Å². The predicted molar refractivity (Wildman–Crippen MR) is 179 cm³/mol. The molecule has 0 saturated carbocycles. The van der Waals surface area contributed by atoms with E-state index in [0.717, 1.165) is 34.0 Å². The van der Waals surface area contributed by atoms with E-state index in [1.54, 1.807) is 16.4 Å². The Balaban J connectivity index is 1.11. The SMILES string of the molecule is CC(C)(C)OC(=O)ON1CCC(c2ccc(CCSc3nc4ccccc4s3)cc2)C(OCc2ccc3ccccc3c2)C1. The number of piperidine rings is 1. The summed E-state index contributed by atoms with van der Waals surface area (Å²) >= 11 is 3.58. The molecule has 0 amide bonds. The lowest BCUT2D eigenvalue weighted by molar-refractivity contribution is -0.179. The highest BCUT2D eigenvalue weighted by atomic mass is 32.2. The number of hydrogen-bond acceptors (Lipinski definition) is 8. The van der Waals surface area contributed by atoms with Crippen LogP contribution in [0.1, 0.15) is 49.8 Å². The van der Waals surface area contributed by atoms with Gasteiger partial charge in [-0.3, -0.25) is 0 Å². The van der Waals surface area contributed by atoms with Gasteiger partial charge in [0.15, 0.2) is 4.34 Å². The lowest BCUT2D eigenvalue weighted by Crippen LogP contribution is -2.45. The molecule has 2 heterocycles. The molecule has 1 fully saturated rings. The van der Waals surface area contributed by atoms with Crippen molar-refractivity contribution in [2.24, 2.45) is 0 Å². The van der Waals surface area contributed by atoms with Crippen molar-refractivity contribution in [1.82, 2.24) is 10.0 Å². The number of nitrogens with zero attached hydrogens (tertiary/aromatic N) is 2. The Morgan fingerprint density at radius 3 is 2.50 bits per heavy atom. The molecule has 1 saturated heterocycles. The molecule has 6 rings (SSSR count). The number of thioether (sulfide) groups is 1. The monoisotopic (exact) mass is 626 g/mol. The maximum Gasteiger partial charge on any atom is 0.528 e. The molecule has 0 spiro atoms. The zero-order chi connectivity index (χ0) is 30.5. The second-order valence-electron chi connectivity index (χ2n) is 12.2. The van der Waals surface area contributed by atoms with E-state index in [9.17, 15) is 4.79 Å². The minimum Gasteiger partial charge on any atom is -0.427 e. The Kier molecular flexibility index (Phi) is 9.52. The van der Waals surface area contributed by atoms with E-state index >= 15 is 0 Å². The number of benzene rings is 4. The van der Waals surface area contributed by atoms with Crippen LogP contribution in [0.25, 0.3) is 21.0 Å². The molecule has 2 atom stereocenters.